The molecule has 13 heteroatoms. The fourth-order valence-electron chi connectivity index (χ4n) is 3.31. The number of benzene rings is 2. The maximum absolute atomic E-state index is 14.9. The molecule has 0 radical (unpaired) electrons. The first kappa shape index (κ1) is 24.0. The Hall–Kier alpha value is -3.15. The number of halogens is 3. The van der Waals surface area contributed by atoms with E-state index in [1.807, 2.05) is 6.92 Å². The van der Waals surface area contributed by atoms with E-state index in [1.54, 1.807) is 0 Å². The van der Waals surface area contributed by atoms with Gasteiger partial charge in [0.1, 0.15) is 10.7 Å². The van der Waals surface area contributed by atoms with Gasteiger partial charge in [-0.3, -0.25) is 9.52 Å². The van der Waals surface area contributed by atoms with Gasteiger partial charge in [0.15, 0.2) is 5.82 Å². The molecule has 4 rings (SSSR count). The molecule has 0 aliphatic heterocycles. The summed E-state index contributed by atoms with van der Waals surface area (Å²) in [6.45, 7) is 1.89. The average molecular weight is 526 g/mol. The molecular weight excluding hydrogens is 508 g/mol. The van der Waals surface area contributed by atoms with E-state index >= 15 is 0 Å². The van der Waals surface area contributed by atoms with E-state index in [1.165, 1.54) is 36.3 Å². The summed E-state index contributed by atoms with van der Waals surface area (Å²) in [6.07, 6.45) is 2.02. The number of H-pyrrole nitrogens is 1. The topological polar surface area (TPSA) is 121 Å². The molecule has 0 saturated heterocycles. The van der Waals surface area contributed by atoms with Crippen molar-refractivity contribution in [3.63, 3.8) is 0 Å². The number of nitrogens with zero attached hydrogens (tertiary/aromatic N) is 3. The molecule has 4 aromatic rings. The highest BCUT2D eigenvalue weighted by Crippen LogP contribution is 2.35. The Kier molecular flexibility index (Phi) is 6.52. The molecule has 0 fully saturated rings. The lowest BCUT2D eigenvalue weighted by Crippen LogP contribution is -2.27. The molecule has 0 atom stereocenters. The van der Waals surface area contributed by atoms with Crippen LogP contribution in [0.15, 0.2) is 45.9 Å². The van der Waals surface area contributed by atoms with Crippen molar-refractivity contribution < 1.29 is 22.1 Å². The van der Waals surface area contributed by atoms with Gasteiger partial charge in [-0.15, -0.1) is 0 Å². The molecule has 0 saturated carbocycles. The van der Waals surface area contributed by atoms with Gasteiger partial charge >= 0.3 is 0 Å². The fourth-order valence-corrected chi connectivity index (χ4v) is 5.00. The van der Waals surface area contributed by atoms with Gasteiger partial charge in [0.2, 0.25) is 5.89 Å². The number of aromatic amines is 1. The first-order valence-electron chi connectivity index (χ1n) is 9.95. The number of nitrogens with one attached hydrogen (secondary N) is 2. The molecule has 0 spiro atoms. The Balaban J connectivity index is 1.56. The molecule has 34 heavy (non-hydrogen) atoms. The SMILES string of the molecule is CCc1nc(CN(C)C(=O)c2ccc(S(=O)(=O)Nc3ccc(Cl)c4c(Cl)c[nH]c34)c(F)c2)no1. The molecule has 178 valence electrons. The first-order valence-corrected chi connectivity index (χ1v) is 12.2. The second-order valence-corrected chi connectivity index (χ2v) is 9.82. The lowest BCUT2D eigenvalue weighted by molar-refractivity contribution is 0.0780. The van der Waals surface area contributed by atoms with Crippen LogP contribution in [0.3, 0.4) is 0 Å². The molecular formula is C21H18Cl2FN5O4S. The van der Waals surface area contributed by atoms with Gasteiger partial charge in [0.05, 0.1) is 27.8 Å². The molecule has 2 heterocycles. The summed E-state index contributed by atoms with van der Waals surface area (Å²) in [4.78, 5) is 20.3. The Morgan fingerprint density at radius 2 is 2.00 bits per heavy atom. The van der Waals surface area contributed by atoms with Crippen molar-refractivity contribution in [2.75, 3.05) is 11.8 Å². The number of aryl methyl sites for hydroxylation is 1. The van der Waals surface area contributed by atoms with E-state index in [4.69, 9.17) is 27.7 Å². The first-order chi connectivity index (χ1) is 16.1. The third-order valence-corrected chi connectivity index (χ3v) is 7.00. The van der Waals surface area contributed by atoms with Gasteiger partial charge in [-0.2, -0.15) is 4.98 Å². The van der Waals surface area contributed by atoms with Crippen molar-refractivity contribution >= 4 is 55.7 Å². The van der Waals surface area contributed by atoms with Crippen molar-refractivity contribution in [1.82, 2.24) is 20.0 Å². The second kappa shape index (κ2) is 9.24. The Labute approximate surface area is 203 Å². The smallest absolute Gasteiger partial charge is 0.264 e. The Morgan fingerprint density at radius 1 is 1.24 bits per heavy atom. The molecule has 0 unspecified atom stereocenters. The third-order valence-electron chi connectivity index (χ3n) is 4.99. The van der Waals surface area contributed by atoms with E-state index in [0.717, 1.165) is 12.1 Å². The number of hydrogen-bond acceptors (Lipinski definition) is 6. The third kappa shape index (κ3) is 4.59. The standard InChI is InChI=1S/C21H18Cl2FN5O4S/c1-3-18-26-17(27-33-18)10-29(2)21(30)11-4-7-16(14(24)8-11)34(31,32)28-15-6-5-12(22)19-13(23)9-25-20(15)19/h4-9,25,28H,3,10H2,1-2H3. The van der Waals surface area contributed by atoms with Crippen LogP contribution in [0, 0.1) is 5.82 Å². The average Bonchev–Trinajstić information content (AvgIpc) is 3.41. The number of hydrogen-bond donors (Lipinski definition) is 2. The number of carbonyl (C=O) groups is 1. The Bertz CT molecular complexity index is 1500. The van der Waals surface area contributed by atoms with Crippen LogP contribution in [0.2, 0.25) is 10.0 Å². The van der Waals surface area contributed by atoms with E-state index < -0.39 is 26.6 Å². The largest absolute Gasteiger partial charge is 0.358 e. The molecule has 2 aromatic heterocycles. The van der Waals surface area contributed by atoms with Gasteiger partial charge in [0, 0.05) is 30.6 Å². The quantitative estimate of drug-likeness (QED) is 0.362. The molecule has 2 aromatic carbocycles. The zero-order valence-electron chi connectivity index (χ0n) is 17.9. The summed E-state index contributed by atoms with van der Waals surface area (Å²) in [7, 11) is -2.85. The van der Waals surface area contributed by atoms with Crippen LogP contribution in [-0.2, 0) is 23.0 Å². The monoisotopic (exact) mass is 525 g/mol. The Morgan fingerprint density at radius 3 is 2.68 bits per heavy atom. The van der Waals surface area contributed by atoms with E-state index in [2.05, 4.69) is 19.8 Å². The van der Waals surface area contributed by atoms with Crippen molar-refractivity contribution in [2.24, 2.45) is 0 Å². The summed E-state index contributed by atoms with van der Waals surface area (Å²) in [5, 5.41) is 4.84. The molecule has 0 aliphatic rings. The minimum atomic E-state index is -4.34. The van der Waals surface area contributed by atoms with E-state index in [0.29, 0.717) is 39.1 Å². The summed E-state index contributed by atoms with van der Waals surface area (Å²) in [5.74, 6) is -0.896. The van der Waals surface area contributed by atoms with Crippen LogP contribution >= 0.6 is 23.2 Å². The highest BCUT2D eigenvalue weighted by atomic mass is 35.5. The summed E-state index contributed by atoms with van der Waals surface area (Å²) >= 11 is 12.2. The zero-order chi connectivity index (χ0) is 24.6. The van der Waals surface area contributed by atoms with Crippen LogP contribution in [0.1, 0.15) is 29.0 Å². The maximum Gasteiger partial charge on any atom is 0.264 e. The lowest BCUT2D eigenvalue weighted by atomic mass is 10.2. The summed E-state index contributed by atoms with van der Waals surface area (Å²) < 4.78 is 48.0. The molecule has 0 aliphatic carbocycles. The van der Waals surface area contributed by atoms with E-state index in [-0.39, 0.29) is 17.8 Å². The van der Waals surface area contributed by atoms with Gasteiger partial charge in [-0.25, -0.2) is 12.8 Å². The molecule has 0 bridgehead atoms. The number of sulfonamides is 1. The van der Waals surface area contributed by atoms with Gasteiger partial charge < -0.3 is 14.4 Å². The number of aromatic nitrogens is 3. The van der Waals surface area contributed by atoms with Gasteiger partial charge in [-0.1, -0.05) is 35.3 Å². The summed E-state index contributed by atoms with van der Waals surface area (Å²) in [5.41, 5.74) is 0.447. The minimum absolute atomic E-state index is 0.0385. The van der Waals surface area contributed by atoms with Crippen LogP contribution in [0.4, 0.5) is 10.1 Å². The van der Waals surface area contributed by atoms with Gasteiger partial charge in [-0.05, 0) is 30.3 Å². The zero-order valence-corrected chi connectivity index (χ0v) is 20.2. The van der Waals surface area contributed by atoms with Crippen LogP contribution in [0.5, 0.6) is 0 Å². The molecule has 9 nitrogen and oxygen atoms in total. The highest BCUT2D eigenvalue weighted by molar-refractivity contribution is 7.92. The number of amides is 1. The van der Waals surface area contributed by atoms with Crippen molar-refractivity contribution in [3.8, 4) is 0 Å². The predicted octanol–water partition coefficient (Wildman–Crippen LogP) is 4.63. The number of carbonyl (C=O) groups excluding carboxylic acids is 1. The second-order valence-electron chi connectivity index (χ2n) is 7.35. The number of anilines is 1. The van der Waals surface area contributed by atoms with Crippen molar-refractivity contribution in [1.29, 1.82) is 0 Å². The summed E-state index contributed by atoms with van der Waals surface area (Å²) in [6, 6.07) is 6.03. The molecule has 1 amide bonds. The fraction of sp³-hybridized carbons (Fsp3) is 0.190. The van der Waals surface area contributed by atoms with Crippen molar-refractivity contribution in [3.05, 3.63) is 69.7 Å². The predicted molar refractivity (Wildman–Crippen MR) is 125 cm³/mol. The lowest BCUT2D eigenvalue weighted by Gasteiger charge is -2.16. The van der Waals surface area contributed by atoms with Crippen LogP contribution in [-0.4, -0.2) is 41.4 Å². The minimum Gasteiger partial charge on any atom is -0.358 e. The highest BCUT2D eigenvalue weighted by Gasteiger charge is 2.24. The van der Waals surface area contributed by atoms with E-state index in [9.17, 15) is 17.6 Å². The normalized spacial score (nSPS) is 11.7. The van der Waals surface area contributed by atoms with Gasteiger partial charge in [0.25, 0.3) is 15.9 Å². The number of fused-ring (bicyclic) bond motifs is 1. The van der Waals surface area contributed by atoms with Crippen LogP contribution < -0.4 is 4.72 Å². The maximum atomic E-state index is 14.9. The van der Waals surface area contributed by atoms with Crippen molar-refractivity contribution in [2.45, 2.75) is 24.8 Å². The van der Waals surface area contributed by atoms with Crippen LogP contribution in [0.25, 0.3) is 10.9 Å². The number of rotatable bonds is 7. The molecule has 2 N–H and O–H groups in total.